The predicted molar refractivity (Wildman–Crippen MR) is 87.3 cm³/mol. The Labute approximate surface area is 139 Å². The van der Waals surface area contributed by atoms with Gasteiger partial charge in [0.25, 0.3) is 5.91 Å². The highest BCUT2D eigenvalue weighted by Crippen LogP contribution is 2.12. The number of nitrogens with one attached hydrogen (secondary N) is 1. The van der Waals surface area contributed by atoms with Gasteiger partial charge in [-0.1, -0.05) is 0 Å². The highest BCUT2D eigenvalue weighted by molar-refractivity contribution is 5.84. The minimum Gasteiger partial charge on any atom is -0.484 e. The first-order valence-electron chi connectivity index (χ1n) is 7.06. The lowest BCUT2D eigenvalue weighted by Gasteiger charge is -2.04. The lowest BCUT2D eigenvalue weighted by molar-refractivity contribution is -0.123. The predicted octanol–water partition coefficient (Wildman–Crippen LogP) is 1.61. The molecule has 0 aliphatic heterocycles. The molecule has 0 aliphatic carbocycles. The highest BCUT2D eigenvalue weighted by Gasteiger charge is 2.07. The molecule has 0 fully saturated rings. The Morgan fingerprint density at radius 1 is 1.33 bits per heavy atom. The molecule has 1 aromatic carbocycles. The number of hydrazone groups is 1. The molecular formula is C17H15N5O2. The zero-order chi connectivity index (χ0) is 17.5. The largest absolute Gasteiger partial charge is 0.484 e. The van der Waals surface area contributed by atoms with Crippen molar-refractivity contribution < 1.29 is 9.53 Å². The van der Waals surface area contributed by atoms with Gasteiger partial charge in [-0.2, -0.15) is 15.6 Å². The first-order chi connectivity index (χ1) is 11.5. The minimum atomic E-state index is -0.412. The molecule has 7 heteroatoms. The molecule has 0 bridgehead atoms. The summed E-state index contributed by atoms with van der Waals surface area (Å²) in [6.45, 7) is 1.67. The van der Waals surface area contributed by atoms with E-state index in [0.29, 0.717) is 17.0 Å². The monoisotopic (exact) mass is 321 g/mol. The molecule has 2 rings (SSSR count). The van der Waals surface area contributed by atoms with Crippen LogP contribution in [0, 0.1) is 29.6 Å². The second-order valence-corrected chi connectivity index (χ2v) is 4.96. The van der Waals surface area contributed by atoms with E-state index >= 15 is 0 Å². The topological polar surface area (TPSA) is 103 Å². The summed E-state index contributed by atoms with van der Waals surface area (Å²) < 4.78 is 7.04. The molecule has 2 aromatic rings. The number of carbonyl (C=O) groups is 1. The molecule has 0 unspecified atom stereocenters. The summed E-state index contributed by atoms with van der Waals surface area (Å²) in [4.78, 5) is 11.7. The van der Waals surface area contributed by atoms with E-state index in [-0.39, 0.29) is 6.61 Å². The molecule has 0 aliphatic rings. The maximum Gasteiger partial charge on any atom is 0.277 e. The maximum atomic E-state index is 11.7. The second kappa shape index (κ2) is 7.61. The standard InChI is InChI=1S/C17H15N5O2/c1-12-14(7-15(9-19)22(12)2)10-20-21-17(23)11-24-16-5-3-13(8-18)4-6-16/h3-7,10H,11H2,1-2H3,(H,21,23)/b20-10-. The molecule has 0 saturated heterocycles. The Morgan fingerprint density at radius 3 is 2.62 bits per heavy atom. The molecule has 7 nitrogen and oxygen atoms in total. The number of ether oxygens (including phenoxy) is 1. The molecule has 1 amide bonds. The van der Waals surface area contributed by atoms with Gasteiger partial charge in [0, 0.05) is 18.3 Å². The van der Waals surface area contributed by atoms with Crippen LogP contribution < -0.4 is 10.2 Å². The van der Waals surface area contributed by atoms with E-state index in [9.17, 15) is 4.79 Å². The zero-order valence-corrected chi connectivity index (χ0v) is 13.3. The van der Waals surface area contributed by atoms with Crippen LogP contribution in [-0.4, -0.2) is 23.3 Å². The van der Waals surface area contributed by atoms with Crippen LogP contribution in [0.4, 0.5) is 0 Å². The van der Waals surface area contributed by atoms with Crippen molar-refractivity contribution in [2.75, 3.05) is 6.61 Å². The van der Waals surface area contributed by atoms with E-state index in [1.807, 2.05) is 13.0 Å². The minimum absolute atomic E-state index is 0.194. The number of benzene rings is 1. The molecule has 0 spiro atoms. The Morgan fingerprint density at radius 2 is 2.04 bits per heavy atom. The van der Waals surface area contributed by atoms with Gasteiger partial charge in [0.15, 0.2) is 6.61 Å². The Balaban J connectivity index is 1.87. The maximum absolute atomic E-state index is 11.7. The van der Waals surface area contributed by atoms with Gasteiger partial charge in [-0.3, -0.25) is 4.79 Å². The van der Waals surface area contributed by atoms with Gasteiger partial charge in [-0.05, 0) is 37.3 Å². The molecule has 0 saturated carbocycles. The van der Waals surface area contributed by atoms with E-state index in [2.05, 4.69) is 16.6 Å². The van der Waals surface area contributed by atoms with Crippen molar-refractivity contribution in [2.24, 2.45) is 12.1 Å². The van der Waals surface area contributed by atoms with Gasteiger partial charge in [-0.15, -0.1) is 0 Å². The molecule has 0 radical (unpaired) electrons. The smallest absolute Gasteiger partial charge is 0.277 e. The average Bonchev–Trinajstić information content (AvgIpc) is 2.88. The molecular weight excluding hydrogens is 306 g/mol. The molecule has 1 heterocycles. The highest BCUT2D eigenvalue weighted by atomic mass is 16.5. The first-order valence-corrected chi connectivity index (χ1v) is 7.06. The summed E-state index contributed by atoms with van der Waals surface area (Å²) in [6, 6.07) is 12.2. The number of hydrogen-bond acceptors (Lipinski definition) is 5. The third kappa shape index (κ3) is 3.99. The molecule has 24 heavy (non-hydrogen) atoms. The molecule has 0 atom stereocenters. The van der Waals surface area contributed by atoms with Crippen LogP contribution in [-0.2, 0) is 11.8 Å². The van der Waals surface area contributed by atoms with E-state index in [1.54, 1.807) is 41.9 Å². The normalized spacial score (nSPS) is 10.2. The van der Waals surface area contributed by atoms with Gasteiger partial charge >= 0.3 is 0 Å². The summed E-state index contributed by atoms with van der Waals surface area (Å²) in [7, 11) is 1.79. The summed E-state index contributed by atoms with van der Waals surface area (Å²) in [5, 5.41) is 21.5. The van der Waals surface area contributed by atoms with Crippen molar-refractivity contribution in [3.8, 4) is 17.9 Å². The van der Waals surface area contributed by atoms with Gasteiger partial charge in [0.1, 0.15) is 17.5 Å². The number of hydrogen-bond donors (Lipinski definition) is 1. The molecule has 1 aromatic heterocycles. The summed E-state index contributed by atoms with van der Waals surface area (Å²) >= 11 is 0. The summed E-state index contributed by atoms with van der Waals surface area (Å²) in [6.07, 6.45) is 1.48. The van der Waals surface area contributed by atoms with Crippen molar-refractivity contribution in [1.29, 1.82) is 10.5 Å². The van der Waals surface area contributed by atoms with E-state index in [1.165, 1.54) is 6.21 Å². The fraction of sp³-hybridized carbons (Fsp3) is 0.176. The number of amides is 1. The van der Waals surface area contributed by atoms with Crippen molar-refractivity contribution in [1.82, 2.24) is 9.99 Å². The van der Waals surface area contributed by atoms with Gasteiger partial charge < -0.3 is 9.30 Å². The second-order valence-electron chi connectivity index (χ2n) is 4.96. The van der Waals surface area contributed by atoms with E-state index in [0.717, 1.165) is 11.3 Å². The Kier molecular flexibility index (Phi) is 5.32. The van der Waals surface area contributed by atoms with Crippen molar-refractivity contribution in [3.05, 3.63) is 52.8 Å². The van der Waals surface area contributed by atoms with E-state index in [4.69, 9.17) is 15.3 Å². The zero-order valence-electron chi connectivity index (χ0n) is 13.3. The average molecular weight is 321 g/mol. The number of nitriles is 2. The van der Waals surface area contributed by atoms with Gasteiger partial charge in [0.05, 0.1) is 17.8 Å². The van der Waals surface area contributed by atoms with Crippen LogP contribution in [0.25, 0.3) is 0 Å². The van der Waals surface area contributed by atoms with E-state index < -0.39 is 5.91 Å². The first kappa shape index (κ1) is 16.8. The van der Waals surface area contributed by atoms with Crippen molar-refractivity contribution in [3.63, 3.8) is 0 Å². The van der Waals surface area contributed by atoms with Crippen molar-refractivity contribution in [2.45, 2.75) is 6.92 Å². The lowest BCUT2D eigenvalue weighted by atomic mass is 10.2. The number of rotatable bonds is 5. The van der Waals surface area contributed by atoms with Crippen LogP contribution in [0.15, 0.2) is 35.4 Å². The number of aromatic nitrogens is 1. The van der Waals surface area contributed by atoms with Crippen LogP contribution >= 0.6 is 0 Å². The molecule has 120 valence electrons. The van der Waals surface area contributed by atoms with Crippen LogP contribution in [0.3, 0.4) is 0 Å². The molecule has 1 N–H and O–H groups in total. The number of nitrogens with zero attached hydrogens (tertiary/aromatic N) is 4. The Hall–Kier alpha value is -3.58. The number of carbonyl (C=O) groups excluding carboxylic acids is 1. The lowest BCUT2D eigenvalue weighted by Crippen LogP contribution is -2.24. The third-order valence-corrected chi connectivity index (χ3v) is 3.44. The summed E-state index contributed by atoms with van der Waals surface area (Å²) in [5.41, 5.74) is 5.02. The van der Waals surface area contributed by atoms with Gasteiger partial charge in [-0.25, -0.2) is 5.43 Å². The fourth-order valence-corrected chi connectivity index (χ4v) is 1.94. The Bertz CT molecular complexity index is 851. The van der Waals surface area contributed by atoms with Crippen LogP contribution in [0.1, 0.15) is 22.5 Å². The van der Waals surface area contributed by atoms with Crippen LogP contribution in [0.2, 0.25) is 0 Å². The van der Waals surface area contributed by atoms with Crippen LogP contribution in [0.5, 0.6) is 5.75 Å². The van der Waals surface area contributed by atoms with Gasteiger partial charge in [0.2, 0.25) is 0 Å². The van der Waals surface area contributed by atoms with Crippen molar-refractivity contribution >= 4 is 12.1 Å². The SMILES string of the molecule is Cc1c(/C=N\NC(=O)COc2ccc(C#N)cc2)cc(C#N)n1C. The third-order valence-electron chi connectivity index (χ3n) is 3.44. The summed E-state index contributed by atoms with van der Waals surface area (Å²) in [5.74, 6) is 0.0791. The quantitative estimate of drug-likeness (QED) is 0.667. The fourth-order valence-electron chi connectivity index (χ4n) is 1.94.